The SMILES string of the molecule is CS(=O)(=O)CCCN1CCN(C(c2ccc(F)cc2)c2ccc(F)cc2)CC1. The van der Waals surface area contributed by atoms with Gasteiger partial charge in [-0.05, 0) is 48.4 Å². The minimum atomic E-state index is -2.93. The fourth-order valence-corrected chi connectivity index (χ4v) is 4.35. The molecule has 0 bridgehead atoms. The second kappa shape index (κ2) is 9.11. The van der Waals surface area contributed by atoms with Gasteiger partial charge < -0.3 is 4.90 Å². The fourth-order valence-electron chi connectivity index (χ4n) is 3.70. The highest BCUT2D eigenvalue weighted by Gasteiger charge is 2.26. The topological polar surface area (TPSA) is 40.6 Å². The molecule has 0 unspecified atom stereocenters. The molecule has 7 heteroatoms. The molecule has 0 N–H and O–H groups in total. The van der Waals surface area contributed by atoms with Crippen LogP contribution >= 0.6 is 0 Å². The summed E-state index contributed by atoms with van der Waals surface area (Å²) in [6.45, 7) is 4.04. The number of benzene rings is 2. The summed E-state index contributed by atoms with van der Waals surface area (Å²) in [7, 11) is -2.93. The first-order valence-corrected chi connectivity index (χ1v) is 11.5. The Morgan fingerprint density at radius 1 is 0.857 bits per heavy atom. The van der Waals surface area contributed by atoms with Crippen molar-refractivity contribution in [2.45, 2.75) is 12.5 Å². The van der Waals surface area contributed by atoms with Gasteiger partial charge >= 0.3 is 0 Å². The molecular formula is C21H26F2N2O2S. The maximum atomic E-state index is 13.4. The van der Waals surface area contributed by atoms with E-state index in [1.807, 2.05) is 0 Å². The molecule has 1 aliphatic heterocycles. The Kier molecular flexibility index (Phi) is 6.80. The van der Waals surface area contributed by atoms with Crippen LogP contribution in [0.25, 0.3) is 0 Å². The Morgan fingerprint density at radius 3 is 1.75 bits per heavy atom. The van der Waals surface area contributed by atoms with Gasteiger partial charge in [0, 0.05) is 32.4 Å². The van der Waals surface area contributed by atoms with Gasteiger partial charge in [-0.25, -0.2) is 17.2 Å². The summed E-state index contributed by atoms with van der Waals surface area (Å²) in [5, 5.41) is 0. The van der Waals surface area contributed by atoms with Crippen molar-refractivity contribution in [1.29, 1.82) is 0 Å². The Morgan fingerprint density at radius 2 is 1.32 bits per heavy atom. The molecule has 1 saturated heterocycles. The zero-order chi connectivity index (χ0) is 20.1. The highest BCUT2D eigenvalue weighted by molar-refractivity contribution is 7.90. The molecule has 1 fully saturated rings. The number of hydrogen-bond donors (Lipinski definition) is 0. The van der Waals surface area contributed by atoms with Gasteiger partial charge in [0.2, 0.25) is 0 Å². The van der Waals surface area contributed by atoms with Crippen molar-refractivity contribution >= 4 is 9.84 Å². The number of nitrogens with zero attached hydrogens (tertiary/aromatic N) is 2. The van der Waals surface area contributed by atoms with Crippen molar-refractivity contribution in [3.05, 3.63) is 71.3 Å². The molecule has 3 rings (SSSR count). The molecule has 28 heavy (non-hydrogen) atoms. The van der Waals surface area contributed by atoms with Gasteiger partial charge in [-0.1, -0.05) is 24.3 Å². The molecule has 0 saturated carbocycles. The van der Waals surface area contributed by atoms with Crippen molar-refractivity contribution in [2.24, 2.45) is 0 Å². The second-order valence-corrected chi connectivity index (χ2v) is 9.63. The molecule has 0 aliphatic carbocycles. The smallest absolute Gasteiger partial charge is 0.147 e. The minimum absolute atomic E-state index is 0.0700. The summed E-state index contributed by atoms with van der Waals surface area (Å²) in [6.07, 6.45) is 1.90. The standard InChI is InChI=1S/C21H26F2N2O2S/c1-28(26,27)16-2-11-24-12-14-25(15-13-24)21(17-3-7-19(22)8-4-17)18-5-9-20(23)10-6-18/h3-10,21H,2,11-16H2,1H3. The molecule has 0 aromatic heterocycles. The second-order valence-electron chi connectivity index (χ2n) is 7.37. The van der Waals surface area contributed by atoms with E-state index in [1.54, 1.807) is 24.3 Å². The van der Waals surface area contributed by atoms with Crippen molar-refractivity contribution in [1.82, 2.24) is 9.80 Å². The molecule has 2 aromatic carbocycles. The maximum Gasteiger partial charge on any atom is 0.147 e. The molecule has 0 amide bonds. The summed E-state index contributed by atoms with van der Waals surface area (Å²) >= 11 is 0. The van der Waals surface area contributed by atoms with E-state index < -0.39 is 9.84 Å². The van der Waals surface area contributed by atoms with Gasteiger partial charge in [-0.3, -0.25) is 4.90 Å². The van der Waals surface area contributed by atoms with Crippen LogP contribution in [0.3, 0.4) is 0 Å². The predicted molar refractivity (Wildman–Crippen MR) is 107 cm³/mol. The molecule has 0 atom stereocenters. The molecule has 0 radical (unpaired) electrons. The Balaban J connectivity index is 1.70. The van der Waals surface area contributed by atoms with Crippen molar-refractivity contribution in [2.75, 3.05) is 44.7 Å². The van der Waals surface area contributed by atoms with E-state index in [9.17, 15) is 17.2 Å². The van der Waals surface area contributed by atoms with E-state index in [1.165, 1.54) is 30.5 Å². The maximum absolute atomic E-state index is 13.4. The molecule has 0 spiro atoms. The lowest BCUT2D eigenvalue weighted by atomic mass is 9.96. The van der Waals surface area contributed by atoms with Crippen molar-refractivity contribution in [3.63, 3.8) is 0 Å². The van der Waals surface area contributed by atoms with Gasteiger partial charge in [-0.2, -0.15) is 0 Å². The molecule has 152 valence electrons. The lowest BCUT2D eigenvalue weighted by molar-refractivity contribution is 0.109. The molecule has 1 aliphatic rings. The van der Waals surface area contributed by atoms with Crippen molar-refractivity contribution in [3.8, 4) is 0 Å². The third kappa shape index (κ3) is 5.83. The molecule has 2 aromatic rings. The molecular weight excluding hydrogens is 382 g/mol. The van der Waals surface area contributed by atoms with E-state index in [-0.39, 0.29) is 23.4 Å². The van der Waals surface area contributed by atoms with Crippen LogP contribution in [0.4, 0.5) is 8.78 Å². The normalized spacial score (nSPS) is 16.6. The molecule has 4 nitrogen and oxygen atoms in total. The summed E-state index contributed by atoms with van der Waals surface area (Å²) in [4.78, 5) is 4.58. The number of piperazine rings is 1. The van der Waals surface area contributed by atoms with Gasteiger partial charge in [0.05, 0.1) is 11.8 Å². The quantitative estimate of drug-likeness (QED) is 0.706. The zero-order valence-electron chi connectivity index (χ0n) is 16.0. The number of halogens is 2. The largest absolute Gasteiger partial charge is 0.301 e. The fraction of sp³-hybridized carbons (Fsp3) is 0.429. The van der Waals surface area contributed by atoms with E-state index >= 15 is 0 Å². The van der Waals surface area contributed by atoms with E-state index in [0.29, 0.717) is 6.42 Å². The average molecular weight is 409 g/mol. The first-order valence-electron chi connectivity index (χ1n) is 9.47. The highest BCUT2D eigenvalue weighted by atomic mass is 32.2. The van der Waals surface area contributed by atoms with Gasteiger partial charge in [0.15, 0.2) is 0 Å². The number of sulfone groups is 1. The lowest BCUT2D eigenvalue weighted by Crippen LogP contribution is -2.48. The predicted octanol–water partition coefficient (Wildman–Crippen LogP) is 3.11. The highest BCUT2D eigenvalue weighted by Crippen LogP contribution is 2.30. The van der Waals surface area contributed by atoms with Crippen LogP contribution in [0, 0.1) is 11.6 Å². The summed E-state index contributed by atoms with van der Waals surface area (Å²) in [5.74, 6) is -0.351. The van der Waals surface area contributed by atoms with Gasteiger partial charge in [0.1, 0.15) is 21.5 Å². The number of rotatable bonds is 7. The summed E-state index contributed by atoms with van der Waals surface area (Å²) in [5.41, 5.74) is 1.94. The zero-order valence-corrected chi connectivity index (χ0v) is 16.8. The number of hydrogen-bond acceptors (Lipinski definition) is 4. The summed E-state index contributed by atoms with van der Waals surface area (Å²) < 4.78 is 49.4. The van der Waals surface area contributed by atoms with E-state index in [0.717, 1.165) is 43.9 Å². The Bertz CT molecular complexity index is 817. The van der Waals surface area contributed by atoms with Crippen LogP contribution in [0.2, 0.25) is 0 Å². The van der Waals surface area contributed by atoms with Crippen LogP contribution in [-0.2, 0) is 9.84 Å². The average Bonchev–Trinajstić information content (AvgIpc) is 2.65. The van der Waals surface area contributed by atoms with Crippen molar-refractivity contribution < 1.29 is 17.2 Å². The van der Waals surface area contributed by atoms with Gasteiger partial charge in [-0.15, -0.1) is 0 Å². The van der Waals surface area contributed by atoms with Crippen LogP contribution in [0.1, 0.15) is 23.6 Å². The van der Waals surface area contributed by atoms with Crippen LogP contribution in [-0.4, -0.2) is 63.0 Å². The molecule has 1 heterocycles. The van der Waals surface area contributed by atoms with Gasteiger partial charge in [0.25, 0.3) is 0 Å². The van der Waals surface area contributed by atoms with Crippen LogP contribution < -0.4 is 0 Å². The first-order chi connectivity index (χ1) is 13.3. The van der Waals surface area contributed by atoms with Crippen LogP contribution in [0.15, 0.2) is 48.5 Å². The Hall–Kier alpha value is -1.83. The summed E-state index contributed by atoms with van der Waals surface area (Å²) in [6, 6.07) is 12.9. The van der Waals surface area contributed by atoms with E-state index in [4.69, 9.17) is 0 Å². The Labute approximate surface area is 165 Å². The first kappa shape index (κ1) is 20.9. The third-order valence-electron chi connectivity index (χ3n) is 5.13. The monoisotopic (exact) mass is 408 g/mol. The van der Waals surface area contributed by atoms with E-state index in [2.05, 4.69) is 9.80 Å². The third-order valence-corrected chi connectivity index (χ3v) is 6.16. The minimum Gasteiger partial charge on any atom is -0.301 e. The lowest BCUT2D eigenvalue weighted by Gasteiger charge is -2.39. The van der Waals surface area contributed by atoms with Crippen LogP contribution in [0.5, 0.6) is 0 Å².